The predicted octanol–water partition coefficient (Wildman–Crippen LogP) is 0.821. The maximum Gasteiger partial charge on any atom is 0.329 e. The SMILES string of the molecule is CCC(CC)(NC(=O)NCc1noc(C)n1)C(=O)O. The van der Waals surface area contributed by atoms with Crippen LogP contribution in [0.2, 0.25) is 0 Å². The zero-order valence-electron chi connectivity index (χ0n) is 11.2. The van der Waals surface area contributed by atoms with E-state index >= 15 is 0 Å². The van der Waals surface area contributed by atoms with E-state index in [0.717, 1.165) is 0 Å². The molecule has 0 atom stereocenters. The summed E-state index contributed by atoms with van der Waals surface area (Å²) in [5.74, 6) is -0.316. The Balaban J connectivity index is 2.56. The van der Waals surface area contributed by atoms with Crippen LogP contribution in [0.3, 0.4) is 0 Å². The molecule has 0 aromatic carbocycles. The van der Waals surface area contributed by atoms with Gasteiger partial charge in [-0.1, -0.05) is 19.0 Å². The van der Waals surface area contributed by atoms with E-state index in [0.29, 0.717) is 24.6 Å². The summed E-state index contributed by atoms with van der Waals surface area (Å²) in [5.41, 5.74) is -1.25. The Morgan fingerprint density at radius 1 is 1.37 bits per heavy atom. The van der Waals surface area contributed by atoms with Gasteiger partial charge in [0, 0.05) is 6.92 Å². The first-order valence-electron chi connectivity index (χ1n) is 6.02. The third kappa shape index (κ3) is 3.67. The van der Waals surface area contributed by atoms with E-state index in [9.17, 15) is 14.7 Å². The third-order valence-electron chi connectivity index (χ3n) is 2.95. The molecular weight excluding hydrogens is 252 g/mol. The molecule has 0 saturated carbocycles. The quantitative estimate of drug-likeness (QED) is 0.704. The monoisotopic (exact) mass is 270 g/mol. The largest absolute Gasteiger partial charge is 0.480 e. The molecule has 1 aromatic heterocycles. The molecule has 1 aromatic rings. The Bertz CT molecular complexity index is 453. The molecule has 0 aliphatic rings. The molecule has 0 radical (unpaired) electrons. The molecule has 0 spiro atoms. The Morgan fingerprint density at radius 2 is 2.00 bits per heavy atom. The number of amides is 2. The van der Waals surface area contributed by atoms with E-state index in [1.165, 1.54) is 0 Å². The van der Waals surface area contributed by atoms with Crippen LogP contribution in [0.15, 0.2) is 4.52 Å². The number of hydrogen-bond donors (Lipinski definition) is 3. The van der Waals surface area contributed by atoms with Crippen molar-refractivity contribution in [2.45, 2.75) is 45.7 Å². The fourth-order valence-corrected chi connectivity index (χ4v) is 1.62. The number of carboxylic acid groups (broad SMARTS) is 1. The third-order valence-corrected chi connectivity index (χ3v) is 2.95. The van der Waals surface area contributed by atoms with Gasteiger partial charge in [-0.25, -0.2) is 9.59 Å². The summed E-state index contributed by atoms with van der Waals surface area (Å²) in [6.45, 7) is 5.13. The standard InChI is InChI=1S/C11H18N4O4/c1-4-11(5-2,9(16)17)14-10(18)12-6-8-13-7(3)19-15-8/h4-6H2,1-3H3,(H,16,17)(H2,12,14,18). The van der Waals surface area contributed by atoms with Crippen LogP contribution in [0, 0.1) is 6.92 Å². The molecule has 106 valence electrons. The van der Waals surface area contributed by atoms with Crippen LogP contribution >= 0.6 is 0 Å². The lowest BCUT2D eigenvalue weighted by atomic mass is 9.93. The predicted molar refractivity (Wildman–Crippen MR) is 65.4 cm³/mol. The number of carbonyl (C=O) groups excluding carboxylic acids is 1. The van der Waals surface area contributed by atoms with Crippen molar-refractivity contribution in [2.24, 2.45) is 0 Å². The van der Waals surface area contributed by atoms with Gasteiger partial charge in [0.1, 0.15) is 5.54 Å². The zero-order valence-corrected chi connectivity index (χ0v) is 11.2. The fraction of sp³-hybridized carbons (Fsp3) is 0.636. The minimum Gasteiger partial charge on any atom is -0.480 e. The van der Waals surface area contributed by atoms with E-state index < -0.39 is 17.5 Å². The summed E-state index contributed by atoms with van der Waals surface area (Å²) in [7, 11) is 0. The summed E-state index contributed by atoms with van der Waals surface area (Å²) in [4.78, 5) is 26.8. The van der Waals surface area contributed by atoms with Gasteiger partial charge in [0.2, 0.25) is 5.89 Å². The Morgan fingerprint density at radius 3 is 2.42 bits per heavy atom. The van der Waals surface area contributed by atoms with Crippen molar-refractivity contribution in [3.8, 4) is 0 Å². The van der Waals surface area contributed by atoms with Gasteiger partial charge < -0.3 is 20.3 Å². The van der Waals surface area contributed by atoms with Crippen LogP contribution in [-0.4, -0.2) is 32.8 Å². The molecule has 19 heavy (non-hydrogen) atoms. The lowest BCUT2D eigenvalue weighted by molar-refractivity contribution is -0.144. The maximum atomic E-state index is 11.7. The number of carbonyl (C=O) groups is 2. The molecule has 0 fully saturated rings. The molecular formula is C11H18N4O4. The van der Waals surface area contributed by atoms with Crippen LogP contribution in [0.1, 0.15) is 38.4 Å². The second kappa shape index (κ2) is 6.17. The van der Waals surface area contributed by atoms with Gasteiger partial charge in [0.25, 0.3) is 0 Å². The highest BCUT2D eigenvalue weighted by molar-refractivity contribution is 5.86. The van der Waals surface area contributed by atoms with Gasteiger partial charge >= 0.3 is 12.0 Å². The highest BCUT2D eigenvalue weighted by atomic mass is 16.5. The van der Waals surface area contributed by atoms with Crippen molar-refractivity contribution < 1.29 is 19.2 Å². The lowest BCUT2D eigenvalue weighted by Gasteiger charge is -2.27. The van der Waals surface area contributed by atoms with Crippen molar-refractivity contribution in [3.63, 3.8) is 0 Å². The first kappa shape index (κ1) is 14.9. The Labute approximate surface area is 110 Å². The molecule has 3 N–H and O–H groups in total. The van der Waals surface area contributed by atoms with E-state index in [1.54, 1.807) is 20.8 Å². The van der Waals surface area contributed by atoms with Gasteiger partial charge in [-0.2, -0.15) is 4.98 Å². The van der Waals surface area contributed by atoms with Gasteiger partial charge in [-0.15, -0.1) is 0 Å². The minimum absolute atomic E-state index is 0.0757. The van der Waals surface area contributed by atoms with E-state index in [4.69, 9.17) is 4.52 Å². The number of urea groups is 1. The van der Waals surface area contributed by atoms with Crippen LogP contribution in [0.4, 0.5) is 4.79 Å². The Hall–Kier alpha value is -2.12. The molecule has 0 bridgehead atoms. The molecule has 1 heterocycles. The topological polar surface area (TPSA) is 117 Å². The number of rotatable bonds is 6. The van der Waals surface area contributed by atoms with E-state index in [-0.39, 0.29) is 6.54 Å². The van der Waals surface area contributed by atoms with E-state index in [2.05, 4.69) is 20.8 Å². The minimum atomic E-state index is -1.25. The normalized spacial score (nSPS) is 11.1. The molecule has 0 unspecified atom stereocenters. The summed E-state index contributed by atoms with van der Waals surface area (Å²) >= 11 is 0. The zero-order chi connectivity index (χ0) is 14.5. The van der Waals surface area contributed by atoms with Gasteiger partial charge in [-0.05, 0) is 12.8 Å². The summed E-state index contributed by atoms with van der Waals surface area (Å²) in [5, 5.41) is 17.8. The lowest BCUT2D eigenvalue weighted by Crippen LogP contribution is -2.56. The van der Waals surface area contributed by atoms with Crippen LogP contribution in [-0.2, 0) is 11.3 Å². The first-order valence-corrected chi connectivity index (χ1v) is 6.02. The molecule has 8 heteroatoms. The smallest absolute Gasteiger partial charge is 0.329 e. The number of nitrogens with one attached hydrogen (secondary N) is 2. The molecule has 0 saturated heterocycles. The number of aliphatic carboxylic acids is 1. The molecule has 0 aliphatic carbocycles. The van der Waals surface area contributed by atoms with Gasteiger partial charge in [0.15, 0.2) is 5.82 Å². The van der Waals surface area contributed by atoms with Crippen molar-refractivity contribution in [2.75, 3.05) is 0 Å². The summed E-state index contributed by atoms with van der Waals surface area (Å²) in [6.07, 6.45) is 0.598. The summed E-state index contributed by atoms with van der Waals surface area (Å²) < 4.78 is 4.75. The van der Waals surface area contributed by atoms with Crippen molar-refractivity contribution >= 4 is 12.0 Å². The number of hydrogen-bond acceptors (Lipinski definition) is 5. The number of aromatic nitrogens is 2. The van der Waals surface area contributed by atoms with Crippen LogP contribution in [0.5, 0.6) is 0 Å². The fourth-order valence-electron chi connectivity index (χ4n) is 1.62. The molecule has 1 rings (SSSR count). The number of carboxylic acids is 1. The average molecular weight is 270 g/mol. The molecule has 8 nitrogen and oxygen atoms in total. The number of aryl methyl sites for hydroxylation is 1. The average Bonchev–Trinajstić information content (AvgIpc) is 2.79. The first-order chi connectivity index (χ1) is 8.93. The molecule has 2 amide bonds. The van der Waals surface area contributed by atoms with Crippen molar-refractivity contribution in [1.29, 1.82) is 0 Å². The van der Waals surface area contributed by atoms with Gasteiger partial charge in [0.05, 0.1) is 6.54 Å². The highest BCUT2D eigenvalue weighted by Gasteiger charge is 2.36. The van der Waals surface area contributed by atoms with Crippen LogP contribution in [0.25, 0.3) is 0 Å². The second-order valence-corrected chi connectivity index (χ2v) is 4.13. The van der Waals surface area contributed by atoms with Crippen molar-refractivity contribution in [1.82, 2.24) is 20.8 Å². The molecule has 0 aliphatic heterocycles. The van der Waals surface area contributed by atoms with Crippen LogP contribution < -0.4 is 10.6 Å². The second-order valence-electron chi connectivity index (χ2n) is 4.13. The van der Waals surface area contributed by atoms with Gasteiger partial charge in [-0.3, -0.25) is 0 Å². The Kier molecular flexibility index (Phi) is 4.85. The van der Waals surface area contributed by atoms with Crippen molar-refractivity contribution in [3.05, 3.63) is 11.7 Å². The number of nitrogens with zero attached hydrogens (tertiary/aromatic N) is 2. The van der Waals surface area contributed by atoms with E-state index in [1.807, 2.05) is 0 Å². The summed E-state index contributed by atoms with van der Waals surface area (Å²) in [6, 6.07) is -0.575. The highest BCUT2D eigenvalue weighted by Crippen LogP contribution is 2.15. The maximum absolute atomic E-state index is 11.7.